The van der Waals surface area contributed by atoms with Gasteiger partial charge >= 0.3 is 0 Å². The molecule has 2 N–H and O–H groups in total. The molecule has 0 spiro atoms. The third-order valence-electron chi connectivity index (χ3n) is 5.43. The summed E-state index contributed by atoms with van der Waals surface area (Å²) < 4.78 is 0.702. The first-order valence-corrected chi connectivity index (χ1v) is 11.8. The highest BCUT2D eigenvalue weighted by Crippen LogP contribution is 2.27. The highest BCUT2D eigenvalue weighted by molar-refractivity contribution is 9.10. The summed E-state index contributed by atoms with van der Waals surface area (Å²) in [5.41, 5.74) is 2.99. The van der Waals surface area contributed by atoms with Crippen molar-refractivity contribution in [2.45, 2.75) is 0 Å². The van der Waals surface area contributed by atoms with E-state index in [1.807, 2.05) is 71.6 Å². The SMILES string of the molecule is O=C(NC(=S)Nc1ccccc1N1CCN(C(=O)c2ccccc2)CC1)c1ccccc1Br. The molecule has 1 aliphatic heterocycles. The standard InChI is InChI=1S/C25H23BrN4O2S/c26-20-11-5-4-10-19(20)23(31)28-25(33)27-21-12-6-7-13-22(21)29-14-16-30(17-15-29)24(32)18-8-2-1-3-9-18/h1-13H,14-17H2,(H2,27,28,31,33). The zero-order valence-corrected chi connectivity index (χ0v) is 20.2. The zero-order valence-electron chi connectivity index (χ0n) is 17.8. The van der Waals surface area contributed by atoms with Gasteiger partial charge in [-0.3, -0.25) is 14.9 Å². The Hall–Kier alpha value is -3.23. The lowest BCUT2D eigenvalue weighted by atomic mass is 10.1. The summed E-state index contributed by atoms with van der Waals surface area (Å²) in [5.74, 6) is -0.233. The summed E-state index contributed by atoms with van der Waals surface area (Å²) in [4.78, 5) is 29.4. The second kappa shape index (κ2) is 10.6. The quantitative estimate of drug-likeness (QED) is 0.492. The number of halogens is 1. The van der Waals surface area contributed by atoms with Crippen molar-refractivity contribution in [2.24, 2.45) is 0 Å². The van der Waals surface area contributed by atoms with Gasteiger partial charge in [0.05, 0.1) is 16.9 Å². The van der Waals surface area contributed by atoms with Crippen LogP contribution in [0.4, 0.5) is 11.4 Å². The Labute approximate surface area is 206 Å². The van der Waals surface area contributed by atoms with E-state index in [2.05, 4.69) is 31.5 Å². The van der Waals surface area contributed by atoms with E-state index >= 15 is 0 Å². The van der Waals surface area contributed by atoms with Gasteiger partial charge in [-0.2, -0.15) is 0 Å². The van der Waals surface area contributed by atoms with E-state index in [1.165, 1.54) is 0 Å². The van der Waals surface area contributed by atoms with Crippen molar-refractivity contribution in [2.75, 3.05) is 36.4 Å². The minimum Gasteiger partial charge on any atom is -0.366 e. The summed E-state index contributed by atoms with van der Waals surface area (Å²) in [5, 5.41) is 6.11. The fourth-order valence-corrected chi connectivity index (χ4v) is 4.41. The zero-order chi connectivity index (χ0) is 23.2. The normalized spacial score (nSPS) is 13.4. The number of amides is 2. The van der Waals surface area contributed by atoms with Gasteiger partial charge in [0.15, 0.2) is 5.11 Å². The minimum atomic E-state index is -0.287. The van der Waals surface area contributed by atoms with Gasteiger partial charge in [-0.1, -0.05) is 42.5 Å². The number of para-hydroxylation sites is 2. The van der Waals surface area contributed by atoms with Crippen LogP contribution < -0.4 is 15.5 Å². The maximum absolute atomic E-state index is 12.7. The second-order valence-corrected chi connectivity index (χ2v) is 8.81. The molecule has 0 saturated carbocycles. The van der Waals surface area contributed by atoms with Crippen molar-refractivity contribution >= 4 is 56.4 Å². The van der Waals surface area contributed by atoms with Gasteiger partial charge in [0, 0.05) is 36.2 Å². The van der Waals surface area contributed by atoms with Gasteiger partial charge in [0.1, 0.15) is 0 Å². The Bertz CT molecular complexity index is 1160. The van der Waals surface area contributed by atoms with Crippen molar-refractivity contribution in [1.82, 2.24) is 10.2 Å². The Morgan fingerprint density at radius 1 is 0.818 bits per heavy atom. The van der Waals surface area contributed by atoms with Crippen LogP contribution in [0.5, 0.6) is 0 Å². The van der Waals surface area contributed by atoms with Gasteiger partial charge in [0.25, 0.3) is 11.8 Å². The summed E-state index contributed by atoms with van der Waals surface area (Å²) in [6, 6.07) is 24.3. The van der Waals surface area contributed by atoms with Gasteiger partial charge in [-0.25, -0.2) is 0 Å². The smallest absolute Gasteiger partial charge is 0.258 e. The molecule has 0 aromatic heterocycles. The van der Waals surface area contributed by atoms with E-state index in [-0.39, 0.29) is 16.9 Å². The molecule has 168 valence electrons. The fourth-order valence-electron chi connectivity index (χ4n) is 3.74. The van der Waals surface area contributed by atoms with E-state index in [4.69, 9.17) is 12.2 Å². The van der Waals surface area contributed by atoms with E-state index in [9.17, 15) is 9.59 Å². The number of benzene rings is 3. The van der Waals surface area contributed by atoms with Crippen LogP contribution in [0.2, 0.25) is 0 Å². The number of nitrogens with zero attached hydrogens (tertiary/aromatic N) is 2. The monoisotopic (exact) mass is 522 g/mol. The summed E-state index contributed by atoms with van der Waals surface area (Å²) in [7, 11) is 0. The first kappa shape index (κ1) is 22.9. The van der Waals surface area contributed by atoms with E-state index in [0.29, 0.717) is 41.8 Å². The van der Waals surface area contributed by atoms with Gasteiger partial charge in [0.2, 0.25) is 0 Å². The summed E-state index contributed by atoms with van der Waals surface area (Å²) in [6.45, 7) is 2.66. The lowest BCUT2D eigenvalue weighted by Gasteiger charge is -2.37. The topological polar surface area (TPSA) is 64.7 Å². The predicted molar refractivity (Wildman–Crippen MR) is 139 cm³/mol. The molecule has 33 heavy (non-hydrogen) atoms. The molecule has 1 fully saturated rings. The molecule has 0 bridgehead atoms. The fraction of sp³-hybridized carbons (Fsp3) is 0.160. The number of carbonyl (C=O) groups is 2. The van der Waals surface area contributed by atoms with Crippen molar-refractivity contribution in [1.29, 1.82) is 0 Å². The Morgan fingerprint density at radius 2 is 1.45 bits per heavy atom. The lowest BCUT2D eigenvalue weighted by Crippen LogP contribution is -2.49. The first-order valence-electron chi connectivity index (χ1n) is 10.6. The maximum atomic E-state index is 12.7. The lowest BCUT2D eigenvalue weighted by molar-refractivity contribution is 0.0746. The summed E-state index contributed by atoms with van der Waals surface area (Å²) in [6.07, 6.45) is 0. The molecular weight excluding hydrogens is 500 g/mol. The molecule has 1 saturated heterocycles. The van der Waals surface area contributed by atoms with Crippen molar-refractivity contribution in [3.8, 4) is 0 Å². The highest BCUT2D eigenvalue weighted by Gasteiger charge is 2.23. The molecular formula is C25H23BrN4O2S. The third kappa shape index (κ3) is 5.58. The van der Waals surface area contributed by atoms with Crippen LogP contribution in [0.15, 0.2) is 83.3 Å². The molecule has 0 unspecified atom stereocenters. The number of nitrogens with one attached hydrogen (secondary N) is 2. The number of rotatable bonds is 4. The number of piperazine rings is 1. The van der Waals surface area contributed by atoms with Crippen LogP contribution in [0.1, 0.15) is 20.7 Å². The number of carbonyl (C=O) groups excluding carboxylic acids is 2. The minimum absolute atomic E-state index is 0.0534. The van der Waals surface area contributed by atoms with Crippen LogP contribution in [-0.2, 0) is 0 Å². The first-order chi connectivity index (χ1) is 16.0. The maximum Gasteiger partial charge on any atom is 0.258 e. The van der Waals surface area contributed by atoms with Crippen molar-refractivity contribution in [3.05, 3.63) is 94.5 Å². The molecule has 2 amide bonds. The average molecular weight is 523 g/mol. The molecule has 1 aliphatic rings. The molecule has 0 atom stereocenters. The third-order valence-corrected chi connectivity index (χ3v) is 6.32. The highest BCUT2D eigenvalue weighted by atomic mass is 79.9. The largest absolute Gasteiger partial charge is 0.366 e. The Balaban J connectivity index is 1.39. The number of hydrogen-bond acceptors (Lipinski definition) is 4. The average Bonchev–Trinajstić information content (AvgIpc) is 2.85. The van der Waals surface area contributed by atoms with Crippen LogP contribution in [-0.4, -0.2) is 48.0 Å². The van der Waals surface area contributed by atoms with E-state index in [0.717, 1.165) is 11.4 Å². The Kier molecular flexibility index (Phi) is 7.36. The molecule has 0 aliphatic carbocycles. The molecule has 3 aromatic rings. The number of thiocarbonyl (C=S) groups is 1. The van der Waals surface area contributed by atoms with Gasteiger partial charge < -0.3 is 15.1 Å². The van der Waals surface area contributed by atoms with Crippen LogP contribution in [0.25, 0.3) is 0 Å². The van der Waals surface area contributed by atoms with Crippen molar-refractivity contribution in [3.63, 3.8) is 0 Å². The predicted octanol–water partition coefficient (Wildman–Crippen LogP) is 4.54. The second-order valence-electron chi connectivity index (χ2n) is 7.55. The Morgan fingerprint density at radius 3 is 2.18 bits per heavy atom. The molecule has 1 heterocycles. The van der Waals surface area contributed by atoms with Gasteiger partial charge in [-0.15, -0.1) is 0 Å². The van der Waals surface area contributed by atoms with Crippen molar-refractivity contribution < 1.29 is 9.59 Å². The molecule has 8 heteroatoms. The van der Waals surface area contributed by atoms with Crippen LogP contribution >= 0.6 is 28.1 Å². The van der Waals surface area contributed by atoms with E-state index in [1.54, 1.807) is 12.1 Å². The number of hydrogen-bond donors (Lipinski definition) is 2. The van der Waals surface area contributed by atoms with Crippen LogP contribution in [0, 0.1) is 0 Å². The molecule has 0 radical (unpaired) electrons. The molecule has 3 aromatic carbocycles. The molecule has 4 rings (SSSR count). The van der Waals surface area contributed by atoms with E-state index < -0.39 is 0 Å². The van der Waals surface area contributed by atoms with Gasteiger partial charge in [-0.05, 0) is 64.5 Å². The molecule has 6 nitrogen and oxygen atoms in total. The number of anilines is 2. The summed E-state index contributed by atoms with van der Waals surface area (Å²) >= 11 is 8.78. The van der Waals surface area contributed by atoms with Crippen LogP contribution in [0.3, 0.4) is 0 Å².